The fourth-order valence-corrected chi connectivity index (χ4v) is 4.55. The number of benzene rings is 3. The molecule has 0 bridgehead atoms. The third-order valence-electron chi connectivity index (χ3n) is 6.48. The molecule has 172 valence electrons. The lowest BCUT2D eigenvalue weighted by atomic mass is 10.0. The van der Waals surface area contributed by atoms with Crippen LogP contribution in [0.3, 0.4) is 0 Å². The molecule has 34 heavy (non-hydrogen) atoms. The van der Waals surface area contributed by atoms with E-state index in [0.717, 1.165) is 38.4 Å². The molecule has 0 spiro atoms. The molecular formula is C28H28N4O2. The normalized spacial score (nSPS) is 17.0. The molecule has 1 saturated heterocycles. The third-order valence-corrected chi connectivity index (χ3v) is 6.48. The lowest BCUT2D eigenvalue weighted by molar-refractivity contribution is -0.120. The summed E-state index contributed by atoms with van der Waals surface area (Å²) in [6.07, 6.45) is 0. The van der Waals surface area contributed by atoms with Gasteiger partial charge in [-0.25, -0.2) is 4.90 Å². The summed E-state index contributed by atoms with van der Waals surface area (Å²) in [4.78, 5) is 32.9. The number of carbonyl (C=O) groups is 2. The van der Waals surface area contributed by atoms with Crippen LogP contribution in [0, 0.1) is 0 Å². The summed E-state index contributed by atoms with van der Waals surface area (Å²) >= 11 is 0. The molecule has 2 amide bonds. The number of hydrogen-bond acceptors (Lipinski definition) is 5. The second kappa shape index (κ2) is 9.53. The van der Waals surface area contributed by atoms with Gasteiger partial charge in [0.1, 0.15) is 5.70 Å². The first-order valence-corrected chi connectivity index (χ1v) is 11.7. The number of nitrogens with zero attached hydrogens (tertiary/aromatic N) is 3. The first kappa shape index (κ1) is 21.9. The molecule has 0 saturated carbocycles. The summed E-state index contributed by atoms with van der Waals surface area (Å²) in [5.41, 5.74) is 3.89. The average Bonchev–Trinajstić information content (AvgIpc) is 3.14. The van der Waals surface area contributed by atoms with Crippen LogP contribution >= 0.6 is 0 Å². The Hall–Kier alpha value is -3.90. The Balaban J connectivity index is 1.43. The van der Waals surface area contributed by atoms with Crippen molar-refractivity contribution in [1.29, 1.82) is 0 Å². The molecule has 1 N–H and O–H groups in total. The highest BCUT2D eigenvalue weighted by Crippen LogP contribution is 2.34. The number of imide groups is 1. The van der Waals surface area contributed by atoms with Gasteiger partial charge >= 0.3 is 0 Å². The maximum atomic E-state index is 13.4. The van der Waals surface area contributed by atoms with E-state index in [0.29, 0.717) is 22.5 Å². The van der Waals surface area contributed by atoms with E-state index in [4.69, 9.17) is 0 Å². The van der Waals surface area contributed by atoms with Gasteiger partial charge in [0.25, 0.3) is 11.8 Å². The van der Waals surface area contributed by atoms with E-state index in [9.17, 15) is 9.59 Å². The molecule has 2 aliphatic rings. The quantitative estimate of drug-likeness (QED) is 0.568. The average molecular weight is 453 g/mol. The minimum absolute atomic E-state index is 0.296. The highest BCUT2D eigenvalue weighted by molar-refractivity contribution is 6.46. The van der Waals surface area contributed by atoms with Crippen molar-refractivity contribution in [2.24, 2.45) is 0 Å². The molecule has 2 aliphatic heterocycles. The first-order valence-electron chi connectivity index (χ1n) is 11.7. The fourth-order valence-electron chi connectivity index (χ4n) is 4.55. The van der Waals surface area contributed by atoms with Gasteiger partial charge in [0.05, 0.1) is 11.3 Å². The first-order chi connectivity index (χ1) is 16.7. The number of likely N-dealkylation sites (N-methyl/N-ethyl adjacent to an activating group) is 1. The van der Waals surface area contributed by atoms with Crippen molar-refractivity contribution in [3.63, 3.8) is 0 Å². The van der Waals surface area contributed by atoms with Gasteiger partial charge in [-0.3, -0.25) is 9.59 Å². The Labute approximate surface area is 200 Å². The summed E-state index contributed by atoms with van der Waals surface area (Å²) in [5, 5.41) is 3.26. The van der Waals surface area contributed by atoms with Gasteiger partial charge < -0.3 is 15.1 Å². The van der Waals surface area contributed by atoms with Crippen LogP contribution < -0.4 is 15.1 Å². The van der Waals surface area contributed by atoms with E-state index in [1.165, 1.54) is 10.6 Å². The summed E-state index contributed by atoms with van der Waals surface area (Å²) in [7, 11) is 0. The Bertz CT molecular complexity index is 1200. The zero-order valence-electron chi connectivity index (χ0n) is 19.3. The molecule has 0 aliphatic carbocycles. The maximum Gasteiger partial charge on any atom is 0.282 e. The van der Waals surface area contributed by atoms with Gasteiger partial charge in [-0.1, -0.05) is 55.5 Å². The Morgan fingerprint density at radius 3 is 1.94 bits per heavy atom. The van der Waals surface area contributed by atoms with Crippen molar-refractivity contribution in [1.82, 2.24) is 4.90 Å². The van der Waals surface area contributed by atoms with Gasteiger partial charge in [-0.15, -0.1) is 0 Å². The van der Waals surface area contributed by atoms with Crippen LogP contribution in [0.4, 0.5) is 17.1 Å². The van der Waals surface area contributed by atoms with Crippen LogP contribution in [0.15, 0.2) is 90.6 Å². The van der Waals surface area contributed by atoms with E-state index < -0.39 is 0 Å². The number of piperazine rings is 1. The predicted octanol–water partition coefficient (Wildman–Crippen LogP) is 4.23. The molecule has 0 radical (unpaired) electrons. The number of anilines is 3. The lowest BCUT2D eigenvalue weighted by Gasteiger charge is -2.35. The van der Waals surface area contributed by atoms with Gasteiger partial charge in [0.15, 0.2) is 0 Å². The van der Waals surface area contributed by atoms with Gasteiger partial charge in [0, 0.05) is 37.6 Å². The van der Waals surface area contributed by atoms with Crippen LogP contribution in [0.1, 0.15) is 12.5 Å². The highest BCUT2D eigenvalue weighted by Gasteiger charge is 2.40. The topological polar surface area (TPSA) is 55.9 Å². The molecule has 0 aromatic heterocycles. The number of para-hydroxylation sites is 1. The molecule has 0 unspecified atom stereocenters. The van der Waals surface area contributed by atoms with Gasteiger partial charge in [-0.2, -0.15) is 0 Å². The molecule has 3 aromatic carbocycles. The molecule has 1 fully saturated rings. The van der Waals surface area contributed by atoms with E-state index in [1.54, 1.807) is 12.1 Å². The van der Waals surface area contributed by atoms with Crippen molar-refractivity contribution in [3.05, 3.63) is 96.2 Å². The molecule has 0 atom stereocenters. The molecule has 5 rings (SSSR count). The van der Waals surface area contributed by atoms with Gasteiger partial charge in [-0.05, 0) is 48.5 Å². The smallest absolute Gasteiger partial charge is 0.282 e. The van der Waals surface area contributed by atoms with E-state index in [-0.39, 0.29) is 11.8 Å². The highest BCUT2D eigenvalue weighted by atomic mass is 16.2. The molecule has 6 heteroatoms. The summed E-state index contributed by atoms with van der Waals surface area (Å²) < 4.78 is 0. The number of nitrogens with one attached hydrogen (secondary N) is 1. The Morgan fingerprint density at radius 2 is 1.32 bits per heavy atom. The number of amides is 2. The predicted molar refractivity (Wildman–Crippen MR) is 137 cm³/mol. The van der Waals surface area contributed by atoms with Crippen molar-refractivity contribution in [3.8, 4) is 0 Å². The maximum absolute atomic E-state index is 13.4. The summed E-state index contributed by atoms with van der Waals surface area (Å²) in [6.45, 7) is 7.42. The van der Waals surface area contributed by atoms with E-state index in [2.05, 4.69) is 34.2 Å². The molecule has 2 heterocycles. The lowest BCUT2D eigenvalue weighted by Crippen LogP contribution is -2.46. The van der Waals surface area contributed by atoms with Crippen molar-refractivity contribution < 1.29 is 9.59 Å². The number of rotatable bonds is 6. The van der Waals surface area contributed by atoms with Crippen LogP contribution in [-0.4, -0.2) is 49.4 Å². The fraction of sp³-hybridized carbons (Fsp3) is 0.214. The molecule has 3 aromatic rings. The van der Waals surface area contributed by atoms with Crippen molar-refractivity contribution in [2.75, 3.05) is 47.8 Å². The standard InChI is InChI=1S/C28H28N4O2/c1-2-30-17-19-31(20-18-30)23-15-13-22(14-16-23)29-26-25(21-9-5-3-6-10-21)27(33)32(28(26)34)24-11-7-4-8-12-24/h3-16,29H,2,17-20H2,1H3. The van der Waals surface area contributed by atoms with Gasteiger partial charge in [0.2, 0.25) is 0 Å². The number of hydrogen-bond donors (Lipinski definition) is 1. The van der Waals surface area contributed by atoms with E-state index >= 15 is 0 Å². The van der Waals surface area contributed by atoms with E-state index in [1.807, 2.05) is 60.7 Å². The third kappa shape index (κ3) is 4.20. The summed E-state index contributed by atoms with van der Waals surface area (Å²) in [6, 6.07) is 26.5. The minimum atomic E-state index is -0.352. The Kier molecular flexibility index (Phi) is 6.14. The Morgan fingerprint density at radius 1 is 0.706 bits per heavy atom. The zero-order chi connectivity index (χ0) is 23.5. The largest absolute Gasteiger partial charge is 0.369 e. The molecule has 6 nitrogen and oxygen atoms in total. The van der Waals surface area contributed by atoms with Crippen LogP contribution in [0.2, 0.25) is 0 Å². The zero-order valence-corrected chi connectivity index (χ0v) is 19.3. The SMILES string of the molecule is CCN1CCN(c2ccc(NC3=C(c4ccccc4)C(=O)N(c4ccccc4)C3=O)cc2)CC1. The van der Waals surface area contributed by atoms with Crippen molar-refractivity contribution in [2.45, 2.75) is 6.92 Å². The summed E-state index contributed by atoms with van der Waals surface area (Å²) in [5.74, 6) is -0.676. The second-order valence-electron chi connectivity index (χ2n) is 8.49. The van der Waals surface area contributed by atoms with Crippen LogP contribution in [0.25, 0.3) is 5.57 Å². The van der Waals surface area contributed by atoms with Crippen LogP contribution in [-0.2, 0) is 9.59 Å². The number of carbonyl (C=O) groups excluding carboxylic acids is 2. The minimum Gasteiger partial charge on any atom is -0.369 e. The monoisotopic (exact) mass is 452 g/mol. The van der Waals surface area contributed by atoms with Crippen LogP contribution in [0.5, 0.6) is 0 Å². The molecular weight excluding hydrogens is 424 g/mol. The van der Waals surface area contributed by atoms with Crippen molar-refractivity contribution >= 4 is 34.4 Å². The second-order valence-corrected chi connectivity index (χ2v) is 8.49.